The summed E-state index contributed by atoms with van der Waals surface area (Å²) in [6, 6.07) is 0. The lowest BCUT2D eigenvalue weighted by molar-refractivity contribution is -0.150. The van der Waals surface area contributed by atoms with E-state index in [1.54, 1.807) is 0 Å². The molecule has 0 saturated carbocycles. The Kier molecular flexibility index (Phi) is 7.28. The fourth-order valence-corrected chi connectivity index (χ4v) is 2.35. The van der Waals surface area contributed by atoms with Crippen LogP contribution in [0.25, 0.3) is 0 Å². The first kappa shape index (κ1) is 15.4. The lowest BCUT2D eigenvalue weighted by atomic mass is 9.94. The smallest absolute Gasteiger partial charge is 0.306 e. The van der Waals surface area contributed by atoms with Crippen molar-refractivity contribution in [1.29, 1.82) is 0 Å². The van der Waals surface area contributed by atoms with Gasteiger partial charge in [0.15, 0.2) is 0 Å². The Balaban J connectivity index is 2.18. The van der Waals surface area contributed by atoms with Crippen molar-refractivity contribution in [3.05, 3.63) is 0 Å². The second-order valence-electron chi connectivity index (χ2n) is 5.61. The molecule has 0 aromatic carbocycles. The number of carbonyl (C=O) groups is 1. The van der Waals surface area contributed by atoms with Crippen LogP contribution in [-0.2, 0) is 14.3 Å². The Hall–Kier alpha value is -0.610. The van der Waals surface area contributed by atoms with Crippen molar-refractivity contribution in [3.8, 4) is 0 Å². The first-order valence-electron chi connectivity index (χ1n) is 7.09. The number of hydrogen-bond acceptors (Lipinski definition) is 4. The third kappa shape index (κ3) is 6.36. The van der Waals surface area contributed by atoms with Gasteiger partial charge in [-0.3, -0.25) is 4.79 Å². The number of nitrogens with two attached hydrogens (primary N) is 1. The maximum Gasteiger partial charge on any atom is 0.306 e. The van der Waals surface area contributed by atoms with Crippen molar-refractivity contribution in [2.24, 2.45) is 17.6 Å². The second kappa shape index (κ2) is 8.48. The molecule has 0 radical (unpaired) electrons. The molecular weight excluding hydrogens is 230 g/mol. The summed E-state index contributed by atoms with van der Waals surface area (Å²) in [5, 5.41) is 0. The highest BCUT2D eigenvalue weighted by Crippen LogP contribution is 2.16. The van der Waals surface area contributed by atoms with Crippen LogP contribution in [0, 0.1) is 11.8 Å². The van der Waals surface area contributed by atoms with Crippen LogP contribution in [0.2, 0.25) is 0 Å². The highest BCUT2D eigenvalue weighted by Gasteiger charge is 2.18. The van der Waals surface area contributed by atoms with E-state index in [1.807, 2.05) is 0 Å². The summed E-state index contributed by atoms with van der Waals surface area (Å²) in [6.07, 6.45) is 4.80. The zero-order valence-electron chi connectivity index (χ0n) is 11.7. The molecule has 2 unspecified atom stereocenters. The molecular formula is C14H27NO3. The summed E-state index contributed by atoms with van der Waals surface area (Å²) < 4.78 is 10.8. The summed E-state index contributed by atoms with van der Waals surface area (Å²) in [5.74, 6) is 0.665. The van der Waals surface area contributed by atoms with Gasteiger partial charge in [0.25, 0.3) is 0 Å². The number of ether oxygens (including phenoxy) is 2. The zero-order chi connectivity index (χ0) is 13.4. The van der Waals surface area contributed by atoms with Gasteiger partial charge in [-0.15, -0.1) is 0 Å². The Labute approximate surface area is 110 Å². The molecule has 4 heteroatoms. The van der Waals surface area contributed by atoms with Gasteiger partial charge in [-0.1, -0.05) is 13.8 Å². The quantitative estimate of drug-likeness (QED) is 0.710. The summed E-state index contributed by atoms with van der Waals surface area (Å²) in [6.45, 7) is 6.03. The van der Waals surface area contributed by atoms with Crippen molar-refractivity contribution in [3.63, 3.8) is 0 Å². The van der Waals surface area contributed by atoms with Gasteiger partial charge in [0, 0.05) is 13.0 Å². The van der Waals surface area contributed by atoms with E-state index in [0.717, 1.165) is 25.9 Å². The van der Waals surface area contributed by atoms with Crippen molar-refractivity contribution in [1.82, 2.24) is 0 Å². The van der Waals surface area contributed by atoms with Crippen LogP contribution in [0.1, 0.15) is 46.0 Å². The first-order chi connectivity index (χ1) is 8.61. The van der Waals surface area contributed by atoms with Crippen LogP contribution < -0.4 is 5.73 Å². The predicted octanol–water partition coefficient (Wildman–Crippen LogP) is 2.11. The van der Waals surface area contributed by atoms with E-state index in [4.69, 9.17) is 15.2 Å². The van der Waals surface area contributed by atoms with Crippen LogP contribution >= 0.6 is 0 Å². The van der Waals surface area contributed by atoms with E-state index in [0.29, 0.717) is 25.5 Å². The SMILES string of the molecule is CC(C)CC(CN)CC(=O)OCC1CCCCO1. The van der Waals surface area contributed by atoms with Crippen LogP contribution in [0.15, 0.2) is 0 Å². The zero-order valence-corrected chi connectivity index (χ0v) is 11.7. The molecule has 1 aliphatic heterocycles. The average Bonchev–Trinajstić information content (AvgIpc) is 2.36. The van der Waals surface area contributed by atoms with E-state index < -0.39 is 0 Å². The largest absolute Gasteiger partial charge is 0.463 e. The van der Waals surface area contributed by atoms with Crippen molar-refractivity contribution >= 4 is 5.97 Å². The Bertz CT molecular complexity index is 237. The minimum absolute atomic E-state index is 0.101. The summed E-state index contributed by atoms with van der Waals surface area (Å²) >= 11 is 0. The fourth-order valence-electron chi connectivity index (χ4n) is 2.35. The van der Waals surface area contributed by atoms with E-state index >= 15 is 0 Å². The molecule has 0 spiro atoms. The van der Waals surface area contributed by atoms with E-state index in [1.165, 1.54) is 6.42 Å². The number of hydrogen-bond donors (Lipinski definition) is 1. The van der Waals surface area contributed by atoms with Gasteiger partial charge in [0.2, 0.25) is 0 Å². The van der Waals surface area contributed by atoms with E-state index in [2.05, 4.69) is 13.8 Å². The third-order valence-corrected chi connectivity index (χ3v) is 3.30. The number of esters is 1. The Morgan fingerprint density at radius 3 is 2.78 bits per heavy atom. The van der Waals surface area contributed by atoms with Gasteiger partial charge in [-0.05, 0) is 44.1 Å². The van der Waals surface area contributed by atoms with Gasteiger partial charge in [0.05, 0.1) is 6.10 Å². The molecule has 2 atom stereocenters. The summed E-state index contributed by atoms with van der Waals surface area (Å²) in [7, 11) is 0. The molecule has 1 rings (SSSR count). The third-order valence-electron chi connectivity index (χ3n) is 3.30. The highest BCUT2D eigenvalue weighted by atomic mass is 16.6. The van der Waals surface area contributed by atoms with Gasteiger partial charge in [0.1, 0.15) is 6.61 Å². The van der Waals surface area contributed by atoms with Crippen molar-refractivity contribution in [2.75, 3.05) is 19.8 Å². The van der Waals surface area contributed by atoms with Crippen LogP contribution in [0.5, 0.6) is 0 Å². The molecule has 4 nitrogen and oxygen atoms in total. The molecule has 2 N–H and O–H groups in total. The Morgan fingerprint density at radius 1 is 1.44 bits per heavy atom. The van der Waals surface area contributed by atoms with Gasteiger partial charge >= 0.3 is 5.97 Å². The van der Waals surface area contributed by atoms with E-state index in [9.17, 15) is 4.79 Å². The molecule has 1 heterocycles. The lowest BCUT2D eigenvalue weighted by Gasteiger charge is -2.22. The van der Waals surface area contributed by atoms with Gasteiger partial charge in [-0.25, -0.2) is 0 Å². The summed E-state index contributed by atoms with van der Waals surface area (Å²) in [5.41, 5.74) is 5.68. The molecule has 0 aromatic heterocycles. The number of carbonyl (C=O) groups excluding carboxylic acids is 1. The molecule has 1 aliphatic rings. The topological polar surface area (TPSA) is 61.6 Å². The lowest BCUT2D eigenvalue weighted by Crippen LogP contribution is -2.27. The molecule has 0 amide bonds. The molecule has 0 aromatic rings. The molecule has 18 heavy (non-hydrogen) atoms. The maximum atomic E-state index is 11.7. The predicted molar refractivity (Wildman–Crippen MR) is 71.2 cm³/mol. The summed E-state index contributed by atoms with van der Waals surface area (Å²) in [4.78, 5) is 11.7. The van der Waals surface area contributed by atoms with Gasteiger partial charge < -0.3 is 15.2 Å². The normalized spacial score (nSPS) is 21.9. The van der Waals surface area contributed by atoms with Crippen molar-refractivity contribution < 1.29 is 14.3 Å². The highest BCUT2D eigenvalue weighted by molar-refractivity contribution is 5.69. The minimum atomic E-state index is -0.139. The number of rotatable bonds is 7. The van der Waals surface area contributed by atoms with Crippen LogP contribution in [0.4, 0.5) is 0 Å². The second-order valence-corrected chi connectivity index (χ2v) is 5.61. The standard InChI is InChI=1S/C14H27NO3/c1-11(2)7-12(9-15)8-14(16)18-10-13-5-3-4-6-17-13/h11-13H,3-10,15H2,1-2H3. The Morgan fingerprint density at radius 2 is 2.22 bits per heavy atom. The van der Waals surface area contributed by atoms with Crippen LogP contribution in [0.3, 0.4) is 0 Å². The molecule has 106 valence electrons. The van der Waals surface area contributed by atoms with Gasteiger partial charge in [-0.2, -0.15) is 0 Å². The van der Waals surface area contributed by atoms with E-state index in [-0.39, 0.29) is 18.0 Å². The maximum absolute atomic E-state index is 11.7. The molecule has 0 aliphatic carbocycles. The average molecular weight is 257 g/mol. The van der Waals surface area contributed by atoms with Crippen molar-refractivity contribution in [2.45, 2.75) is 52.1 Å². The van der Waals surface area contributed by atoms with Crippen LogP contribution in [-0.4, -0.2) is 31.8 Å². The molecule has 1 fully saturated rings. The fraction of sp³-hybridized carbons (Fsp3) is 0.929. The minimum Gasteiger partial charge on any atom is -0.463 e. The monoisotopic (exact) mass is 257 g/mol. The first-order valence-corrected chi connectivity index (χ1v) is 7.09. The molecule has 0 bridgehead atoms. The molecule has 1 saturated heterocycles.